The standard InChI is InChI=1S/C28H33N5O2/c1-19-5-6-23(16-26(19)31-27(34)25-4-3-13-29-25)28(35)33-14-11-22(12-15-33)20-7-9-21(10-8-20)24-17-30-32(2)18-24/h5-10,16-18,22,25,29H,3-4,11-15H2,1-2H3,(H,31,34). The summed E-state index contributed by atoms with van der Waals surface area (Å²) in [6.07, 6.45) is 7.66. The van der Waals surface area contributed by atoms with Crippen LogP contribution in [0, 0.1) is 6.92 Å². The molecule has 2 N–H and O–H groups in total. The molecule has 35 heavy (non-hydrogen) atoms. The first-order valence-corrected chi connectivity index (χ1v) is 12.5. The minimum atomic E-state index is -0.147. The van der Waals surface area contributed by atoms with Gasteiger partial charge in [0.25, 0.3) is 5.91 Å². The van der Waals surface area contributed by atoms with Crippen molar-refractivity contribution < 1.29 is 9.59 Å². The molecular weight excluding hydrogens is 438 g/mol. The summed E-state index contributed by atoms with van der Waals surface area (Å²) < 4.78 is 1.81. The second-order valence-corrected chi connectivity index (χ2v) is 9.76. The lowest BCUT2D eigenvalue weighted by Gasteiger charge is -2.32. The average Bonchev–Trinajstić information content (AvgIpc) is 3.58. The summed E-state index contributed by atoms with van der Waals surface area (Å²) in [5.41, 5.74) is 5.92. The molecular formula is C28H33N5O2. The average molecular weight is 472 g/mol. The third-order valence-corrected chi connectivity index (χ3v) is 7.32. The first kappa shape index (κ1) is 23.3. The van der Waals surface area contributed by atoms with Crippen LogP contribution in [-0.2, 0) is 11.8 Å². The van der Waals surface area contributed by atoms with E-state index >= 15 is 0 Å². The number of anilines is 1. The van der Waals surface area contributed by atoms with E-state index in [1.807, 2.05) is 54.1 Å². The van der Waals surface area contributed by atoms with E-state index in [1.165, 1.54) is 11.1 Å². The molecule has 3 aromatic rings. The third-order valence-electron chi connectivity index (χ3n) is 7.32. The Balaban J connectivity index is 1.20. The first-order chi connectivity index (χ1) is 17.0. The third kappa shape index (κ3) is 5.15. The zero-order chi connectivity index (χ0) is 24.4. The number of benzene rings is 2. The van der Waals surface area contributed by atoms with E-state index in [9.17, 15) is 9.59 Å². The van der Waals surface area contributed by atoms with Crippen molar-refractivity contribution in [1.82, 2.24) is 20.0 Å². The molecule has 0 radical (unpaired) electrons. The van der Waals surface area contributed by atoms with E-state index in [-0.39, 0.29) is 17.9 Å². The number of nitrogens with one attached hydrogen (secondary N) is 2. The van der Waals surface area contributed by atoms with E-state index in [2.05, 4.69) is 40.0 Å². The van der Waals surface area contributed by atoms with Gasteiger partial charge in [0.1, 0.15) is 0 Å². The van der Waals surface area contributed by atoms with Crippen LogP contribution < -0.4 is 10.6 Å². The van der Waals surface area contributed by atoms with Crippen LogP contribution >= 0.6 is 0 Å². The van der Waals surface area contributed by atoms with Gasteiger partial charge < -0.3 is 15.5 Å². The van der Waals surface area contributed by atoms with Gasteiger partial charge in [-0.3, -0.25) is 14.3 Å². The fourth-order valence-corrected chi connectivity index (χ4v) is 5.13. The van der Waals surface area contributed by atoms with Crippen molar-refractivity contribution in [3.05, 3.63) is 71.5 Å². The highest BCUT2D eigenvalue weighted by atomic mass is 16.2. The van der Waals surface area contributed by atoms with Crippen LogP contribution in [0.25, 0.3) is 11.1 Å². The van der Waals surface area contributed by atoms with Crippen LogP contribution in [0.4, 0.5) is 5.69 Å². The van der Waals surface area contributed by atoms with Crippen LogP contribution in [-0.4, -0.2) is 52.2 Å². The molecule has 2 aromatic carbocycles. The number of carbonyl (C=O) groups excluding carboxylic acids is 2. The lowest BCUT2D eigenvalue weighted by atomic mass is 9.88. The van der Waals surface area contributed by atoms with Crippen molar-refractivity contribution in [3.63, 3.8) is 0 Å². The zero-order valence-electron chi connectivity index (χ0n) is 20.5. The number of hydrogen-bond acceptors (Lipinski definition) is 4. The molecule has 1 unspecified atom stereocenters. The van der Waals surface area contributed by atoms with Gasteiger partial charge >= 0.3 is 0 Å². The quantitative estimate of drug-likeness (QED) is 0.587. The fourth-order valence-electron chi connectivity index (χ4n) is 5.13. The van der Waals surface area contributed by atoms with Crippen molar-refractivity contribution in [2.45, 2.75) is 44.6 Å². The highest BCUT2D eigenvalue weighted by molar-refractivity contribution is 5.99. The van der Waals surface area contributed by atoms with Crippen LogP contribution in [0.1, 0.15) is 53.1 Å². The molecule has 2 saturated heterocycles. The maximum Gasteiger partial charge on any atom is 0.253 e. The normalized spacial score (nSPS) is 18.6. The molecule has 2 fully saturated rings. The lowest BCUT2D eigenvalue weighted by molar-refractivity contribution is -0.117. The molecule has 1 aromatic heterocycles. The summed E-state index contributed by atoms with van der Waals surface area (Å²) in [5.74, 6) is 0.462. The number of rotatable bonds is 5. The van der Waals surface area contributed by atoms with Gasteiger partial charge in [0.05, 0.1) is 12.2 Å². The predicted molar refractivity (Wildman–Crippen MR) is 137 cm³/mol. The van der Waals surface area contributed by atoms with Crippen molar-refractivity contribution in [2.24, 2.45) is 7.05 Å². The summed E-state index contributed by atoms with van der Waals surface area (Å²) >= 11 is 0. The Kier molecular flexibility index (Phi) is 6.68. The number of hydrogen-bond donors (Lipinski definition) is 2. The highest BCUT2D eigenvalue weighted by Crippen LogP contribution is 2.31. The first-order valence-electron chi connectivity index (χ1n) is 12.5. The maximum atomic E-state index is 13.2. The van der Waals surface area contributed by atoms with Gasteiger partial charge in [-0.2, -0.15) is 5.10 Å². The highest BCUT2D eigenvalue weighted by Gasteiger charge is 2.26. The number of nitrogens with zero attached hydrogens (tertiary/aromatic N) is 3. The van der Waals surface area contributed by atoms with Crippen molar-refractivity contribution in [3.8, 4) is 11.1 Å². The van der Waals surface area contributed by atoms with Crippen LogP contribution in [0.5, 0.6) is 0 Å². The topological polar surface area (TPSA) is 79.3 Å². The molecule has 0 spiro atoms. The SMILES string of the molecule is Cc1ccc(C(=O)N2CCC(c3ccc(-c4cnn(C)c4)cc3)CC2)cc1NC(=O)C1CCCN1. The van der Waals surface area contributed by atoms with E-state index in [0.717, 1.165) is 62.1 Å². The Labute approximate surface area is 206 Å². The summed E-state index contributed by atoms with van der Waals surface area (Å²) in [5, 5.41) is 10.5. The summed E-state index contributed by atoms with van der Waals surface area (Å²) in [6, 6.07) is 14.2. The number of likely N-dealkylation sites (tertiary alicyclic amines) is 1. The van der Waals surface area contributed by atoms with Crippen LogP contribution in [0.15, 0.2) is 54.9 Å². The molecule has 182 valence electrons. The molecule has 0 aliphatic carbocycles. The molecule has 2 aliphatic heterocycles. The van der Waals surface area contributed by atoms with Gasteiger partial charge in [-0.15, -0.1) is 0 Å². The molecule has 3 heterocycles. The number of piperidine rings is 1. The number of amides is 2. The minimum Gasteiger partial charge on any atom is -0.339 e. The Hall–Kier alpha value is -3.45. The summed E-state index contributed by atoms with van der Waals surface area (Å²) in [7, 11) is 1.92. The van der Waals surface area contributed by atoms with Crippen LogP contribution in [0.2, 0.25) is 0 Å². The second-order valence-electron chi connectivity index (χ2n) is 9.76. The summed E-state index contributed by atoms with van der Waals surface area (Å²) in [6.45, 7) is 4.29. The fraction of sp³-hybridized carbons (Fsp3) is 0.393. The number of aromatic nitrogens is 2. The molecule has 5 rings (SSSR count). The molecule has 0 saturated carbocycles. The van der Waals surface area contributed by atoms with Crippen molar-refractivity contribution in [2.75, 3.05) is 25.0 Å². The smallest absolute Gasteiger partial charge is 0.253 e. The Morgan fingerprint density at radius 2 is 1.80 bits per heavy atom. The van der Waals surface area contributed by atoms with Gasteiger partial charge in [0, 0.05) is 43.1 Å². The van der Waals surface area contributed by atoms with E-state index in [1.54, 1.807) is 0 Å². The second kappa shape index (κ2) is 10.0. The predicted octanol–water partition coefficient (Wildman–Crippen LogP) is 4.11. The molecule has 2 aliphatic rings. The van der Waals surface area contributed by atoms with Gasteiger partial charge in [0.15, 0.2) is 0 Å². The minimum absolute atomic E-state index is 0.0226. The Morgan fingerprint density at radius 1 is 1.03 bits per heavy atom. The summed E-state index contributed by atoms with van der Waals surface area (Å²) in [4.78, 5) is 27.7. The molecule has 0 bridgehead atoms. The van der Waals surface area contributed by atoms with Gasteiger partial charge in [0.2, 0.25) is 5.91 Å². The zero-order valence-corrected chi connectivity index (χ0v) is 20.5. The molecule has 7 nitrogen and oxygen atoms in total. The molecule has 2 amide bonds. The molecule has 7 heteroatoms. The van der Waals surface area contributed by atoms with E-state index in [0.29, 0.717) is 11.5 Å². The molecule has 1 atom stereocenters. The number of carbonyl (C=O) groups is 2. The van der Waals surface area contributed by atoms with E-state index < -0.39 is 0 Å². The Bertz CT molecular complexity index is 1200. The Morgan fingerprint density at radius 3 is 2.46 bits per heavy atom. The van der Waals surface area contributed by atoms with Crippen molar-refractivity contribution in [1.29, 1.82) is 0 Å². The van der Waals surface area contributed by atoms with Crippen molar-refractivity contribution >= 4 is 17.5 Å². The van der Waals surface area contributed by atoms with Gasteiger partial charge in [-0.05, 0) is 73.9 Å². The van der Waals surface area contributed by atoms with Gasteiger partial charge in [-0.25, -0.2) is 0 Å². The maximum absolute atomic E-state index is 13.2. The van der Waals surface area contributed by atoms with E-state index in [4.69, 9.17) is 0 Å². The number of aryl methyl sites for hydroxylation is 2. The largest absolute Gasteiger partial charge is 0.339 e. The van der Waals surface area contributed by atoms with Gasteiger partial charge in [-0.1, -0.05) is 30.3 Å². The lowest BCUT2D eigenvalue weighted by Crippen LogP contribution is -2.38. The monoisotopic (exact) mass is 471 g/mol. The van der Waals surface area contributed by atoms with Crippen LogP contribution in [0.3, 0.4) is 0 Å².